The van der Waals surface area contributed by atoms with Crippen LogP contribution in [-0.2, 0) is 10.0 Å². The summed E-state index contributed by atoms with van der Waals surface area (Å²) in [4.78, 5) is -0.104. The average Bonchev–Trinajstić information content (AvgIpc) is 3.22. The molecule has 1 aliphatic carbocycles. The van der Waals surface area contributed by atoms with E-state index in [-0.39, 0.29) is 27.9 Å². The molecule has 1 unspecified atom stereocenters. The number of nitrogens with two attached hydrogens (primary N) is 1. The molecule has 1 aromatic carbocycles. The first kappa shape index (κ1) is 15.3. The molecule has 0 heterocycles. The quantitative estimate of drug-likeness (QED) is 0.863. The highest BCUT2D eigenvalue weighted by Gasteiger charge is 2.43. The maximum Gasteiger partial charge on any atom is 0.242 e. The molecule has 1 atom stereocenters. The minimum Gasteiger partial charge on any atom is -0.329 e. The van der Waals surface area contributed by atoms with Crippen molar-refractivity contribution in [2.24, 2.45) is 11.7 Å². The molecule has 0 aliphatic heterocycles. The normalized spacial score (nSPS) is 18.3. The Kier molecular flexibility index (Phi) is 4.07. The Morgan fingerprint density at radius 1 is 1.55 bits per heavy atom. The lowest BCUT2D eigenvalue weighted by Crippen LogP contribution is -2.53. The minimum absolute atomic E-state index is 0.0667. The van der Waals surface area contributed by atoms with Crippen molar-refractivity contribution in [2.75, 3.05) is 6.54 Å². The summed E-state index contributed by atoms with van der Waals surface area (Å²) in [5.74, 6) is 0.243. The van der Waals surface area contributed by atoms with Crippen LogP contribution in [0, 0.1) is 17.2 Å². The lowest BCUT2D eigenvalue weighted by molar-refractivity contribution is 0.374. The summed E-state index contributed by atoms with van der Waals surface area (Å²) in [5, 5.41) is 9.31. The van der Waals surface area contributed by atoms with E-state index in [4.69, 9.17) is 22.6 Å². The highest BCUT2D eigenvalue weighted by Crippen LogP contribution is 2.40. The minimum atomic E-state index is -3.84. The van der Waals surface area contributed by atoms with Crippen LogP contribution in [0.2, 0.25) is 5.02 Å². The number of benzene rings is 1. The average molecular weight is 314 g/mol. The smallest absolute Gasteiger partial charge is 0.242 e. The third-order valence-electron chi connectivity index (χ3n) is 3.62. The third kappa shape index (κ3) is 2.96. The fraction of sp³-hybridized carbons (Fsp3) is 0.462. The molecule has 1 aromatic rings. The second-order valence-electron chi connectivity index (χ2n) is 5.25. The monoisotopic (exact) mass is 313 g/mol. The molecule has 7 heteroatoms. The van der Waals surface area contributed by atoms with Gasteiger partial charge >= 0.3 is 0 Å². The standard InChI is InChI=1S/C13H16ClN3O2S/c1-13(8-16,10-3-4-10)17-20(18,19)12-6-11(14)5-2-9(12)7-15/h2,5-6,10,17H,3-4,8,16H2,1H3. The van der Waals surface area contributed by atoms with Gasteiger partial charge in [-0.3, -0.25) is 0 Å². The zero-order valence-corrected chi connectivity index (χ0v) is 12.6. The van der Waals surface area contributed by atoms with E-state index in [9.17, 15) is 8.42 Å². The predicted molar refractivity (Wildman–Crippen MR) is 76.7 cm³/mol. The van der Waals surface area contributed by atoms with Crippen molar-refractivity contribution < 1.29 is 8.42 Å². The van der Waals surface area contributed by atoms with E-state index in [1.807, 2.05) is 6.07 Å². The predicted octanol–water partition coefficient (Wildman–Crippen LogP) is 1.62. The van der Waals surface area contributed by atoms with Gasteiger partial charge in [-0.25, -0.2) is 13.1 Å². The number of sulfonamides is 1. The molecule has 0 amide bonds. The Morgan fingerprint density at radius 2 is 2.20 bits per heavy atom. The zero-order chi connectivity index (χ0) is 15.0. The number of hydrogen-bond acceptors (Lipinski definition) is 4. The van der Waals surface area contributed by atoms with Crippen LogP contribution in [0.4, 0.5) is 0 Å². The van der Waals surface area contributed by atoms with Crippen LogP contribution in [0.3, 0.4) is 0 Å². The van der Waals surface area contributed by atoms with Gasteiger partial charge in [0.15, 0.2) is 0 Å². The Balaban J connectivity index is 2.40. The lowest BCUT2D eigenvalue weighted by atomic mass is 9.98. The van der Waals surface area contributed by atoms with Gasteiger partial charge in [-0.2, -0.15) is 5.26 Å². The fourth-order valence-corrected chi connectivity index (χ4v) is 4.08. The molecule has 0 radical (unpaired) electrons. The topological polar surface area (TPSA) is 96.0 Å². The summed E-state index contributed by atoms with van der Waals surface area (Å²) in [7, 11) is -3.84. The van der Waals surface area contributed by atoms with Gasteiger partial charge in [-0.1, -0.05) is 11.6 Å². The molecule has 1 saturated carbocycles. The number of rotatable bonds is 5. The molecule has 1 fully saturated rings. The number of nitriles is 1. The zero-order valence-electron chi connectivity index (χ0n) is 11.1. The number of nitrogens with one attached hydrogen (secondary N) is 1. The van der Waals surface area contributed by atoms with E-state index in [0.717, 1.165) is 12.8 Å². The summed E-state index contributed by atoms with van der Waals surface area (Å²) >= 11 is 5.83. The van der Waals surface area contributed by atoms with E-state index >= 15 is 0 Å². The van der Waals surface area contributed by atoms with Crippen LogP contribution < -0.4 is 10.5 Å². The third-order valence-corrected chi connectivity index (χ3v) is 5.51. The molecule has 20 heavy (non-hydrogen) atoms. The maximum absolute atomic E-state index is 12.5. The van der Waals surface area contributed by atoms with Gasteiger partial charge in [0.05, 0.1) is 5.56 Å². The van der Waals surface area contributed by atoms with E-state index in [1.165, 1.54) is 18.2 Å². The van der Waals surface area contributed by atoms with Crippen LogP contribution in [-0.4, -0.2) is 20.5 Å². The van der Waals surface area contributed by atoms with Gasteiger partial charge in [0, 0.05) is 17.1 Å². The Morgan fingerprint density at radius 3 is 2.70 bits per heavy atom. The largest absolute Gasteiger partial charge is 0.329 e. The van der Waals surface area contributed by atoms with Crippen molar-refractivity contribution in [3.05, 3.63) is 28.8 Å². The van der Waals surface area contributed by atoms with E-state index in [2.05, 4.69) is 4.72 Å². The SMILES string of the molecule is CC(CN)(NS(=O)(=O)c1cc(Cl)ccc1C#N)C1CC1. The van der Waals surface area contributed by atoms with Crippen LogP contribution in [0.25, 0.3) is 0 Å². The first-order valence-electron chi connectivity index (χ1n) is 6.26. The highest BCUT2D eigenvalue weighted by atomic mass is 35.5. The number of halogens is 1. The molecule has 0 bridgehead atoms. The fourth-order valence-electron chi connectivity index (χ4n) is 2.18. The molecule has 0 saturated heterocycles. The van der Waals surface area contributed by atoms with Crippen LogP contribution in [0.15, 0.2) is 23.1 Å². The van der Waals surface area contributed by atoms with Crippen molar-refractivity contribution in [3.63, 3.8) is 0 Å². The van der Waals surface area contributed by atoms with Gasteiger partial charge in [0.1, 0.15) is 11.0 Å². The molecular formula is C13H16ClN3O2S. The summed E-state index contributed by atoms with van der Waals surface area (Å²) in [6.07, 6.45) is 1.91. The molecule has 2 rings (SSSR count). The van der Waals surface area contributed by atoms with E-state index in [1.54, 1.807) is 6.92 Å². The first-order chi connectivity index (χ1) is 9.32. The van der Waals surface area contributed by atoms with Gasteiger partial charge in [0.2, 0.25) is 10.0 Å². The van der Waals surface area contributed by atoms with Crippen LogP contribution in [0.1, 0.15) is 25.3 Å². The first-order valence-corrected chi connectivity index (χ1v) is 8.12. The Bertz CT molecular complexity index is 665. The molecule has 0 aromatic heterocycles. The van der Waals surface area contributed by atoms with E-state index < -0.39 is 15.6 Å². The second kappa shape index (κ2) is 5.34. The maximum atomic E-state index is 12.5. The van der Waals surface area contributed by atoms with Crippen molar-refractivity contribution in [1.82, 2.24) is 4.72 Å². The molecule has 108 valence electrons. The molecule has 1 aliphatic rings. The number of hydrogen-bond donors (Lipinski definition) is 2. The molecule has 3 N–H and O–H groups in total. The van der Waals surface area contributed by atoms with Gasteiger partial charge in [-0.05, 0) is 43.9 Å². The van der Waals surface area contributed by atoms with Crippen LogP contribution in [0.5, 0.6) is 0 Å². The van der Waals surface area contributed by atoms with Gasteiger partial charge in [-0.15, -0.1) is 0 Å². The highest BCUT2D eigenvalue weighted by molar-refractivity contribution is 7.89. The van der Waals surface area contributed by atoms with E-state index in [0.29, 0.717) is 0 Å². The number of nitrogens with zero attached hydrogens (tertiary/aromatic N) is 1. The summed E-state index contributed by atoms with van der Waals surface area (Å²) < 4.78 is 27.6. The van der Waals surface area contributed by atoms with Gasteiger partial charge in [0.25, 0.3) is 0 Å². The summed E-state index contributed by atoms with van der Waals surface area (Å²) in [6, 6.07) is 6.04. The van der Waals surface area contributed by atoms with Crippen molar-refractivity contribution in [1.29, 1.82) is 5.26 Å². The van der Waals surface area contributed by atoms with Crippen molar-refractivity contribution in [2.45, 2.75) is 30.2 Å². The second-order valence-corrected chi connectivity index (χ2v) is 7.34. The Labute approximate surface area is 123 Å². The molecule has 0 spiro atoms. The molecule has 5 nitrogen and oxygen atoms in total. The summed E-state index contributed by atoms with van der Waals surface area (Å²) in [5.41, 5.74) is 5.10. The molecular weight excluding hydrogens is 298 g/mol. The summed E-state index contributed by atoms with van der Waals surface area (Å²) in [6.45, 7) is 2.00. The van der Waals surface area contributed by atoms with Crippen molar-refractivity contribution >= 4 is 21.6 Å². The van der Waals surface area contributed by atoms with Crippen molar-refractivity contribution in [3.8, 4) is 6.07 Å². The van der Waals surface area contributed by atoms with Crippen LogP contribution >= 0.6 is 11.6 Å². The lowest BCUT2D eigenvalue weighted by Gasteiger charge is -2.29. The Hall–Kier alpha value is -1.13. The van der Waals surface area contributed by atoms with Gasteiger partial charge < -0.3 is 5.73 Å².